The van der Waals surface area contributed by atoms with E-state index in [2.05, 4.69) is 135 Å². The van der Waals surface area contributed by atoms with Crippen LogP contribution in [0.5, 0.6) is 0 Å². The van der Waals surface area contributed by atoms with Crippen LogP contribution in [0.4, 0.5) is 0 Å². The van der Waals surface area contributed by atoms with Gasteiger partial charge < -0.3 is 14.6 Å². The van der Waals surface area contributed by atoms with E-state index < -0.39 is 6.10 Å². The number of aliphatic hydroxyl groups is 1. The van der Waals surface area contributed by atoms with Crippen molar-refractivity contribution in [2.75, 3.05) is 13.2 Å². The molecule has 0 aromatic heterocycles. The summed E-state index contributed by atoms with van der Waals surface area (Å²) in [5, 5.41) is 9.56. The minimum atomic E-state index is -0.812. The predicted molar refractivity (Wildman–Crippen MR) is 223 cm³/mol. The quantitative estimate of drug-likeness (QED) is 0.0408. The molecule has 0 bridgehead atoms. The van der Waals surface area contributed by atoms with Gasteiger partial charge in [-0.05, 0) is 103 Å². The smallest absolute Gasteiger partial charge is 0.306 e. The van der Waals surface area contributed by atoms with Crippen molar-refractivity contribution in [3.63, 3.8) is 0 Å². The number of ether oxygens (including phenoxy) is 2. The largest absolute Gasteiger partial charge is 0.462 e. The van der Waals surface area contributed by atoms with Crippen molar-refractivity contribution in [1.82, 2.24) is 0 Å². The summed E-state index contributed by atoms with van der Waals surface area (Å²) in [6.07, 6.45) is 61.1. The van der Waals surface area contributed by atoms with Crippen LogP contribution in [-0.4, -0.2) is 36.4 Å². The van der Waals surface area contributed by atoms with Crippen molar-refractivity contribution in [2.24, 2.45) is 0 Å². The highest BCUT2D eigenvalue weighted by molar-refractivity contribution is 5.70. The summed E-state index contributed by atoms with van der Waals surface area (Å²) < 4.78 is 10.6. The molecule has 0 aromatic carbocycles. The monoisotopic (exact) mass is 717 g/mol. The normalized spacial score (nSPS) is 13.5. The van der Waals surface area contributed by atoms with E-state index >= 15 is 0 Å². The van der Waals surface area contributed by atoms with E-state index in [9.17, 15) is 14.7 Å². The number of hydrogen-bond acceptors (Lipinski definition) is 5. The van der Waals surface area contributed by atoms with E-state index in [4.69, 9.17) is 9.47 Å². The summed E-state index contributed by atoms with van der Waals surface area (Å²) in [7, 11) is 0. The molecule has 0 saturated carbocycles. The maximum atomic E-state index is 12.2. The second kappa shape index (κ2) is 41.7. The summed E-state index contributed by atoms with van der Waals surface area (Å²) in [6, 6.07) is 0. The SMILES string of the molecule is CC/C=C/C/C=C/C/C=C/C/C=C/C/C=C/CCCCCC(=O)OC[C@H](CO)OC(=O)CCCCC/C=C/C/C=C/C/C=C/C/C=C/C/C=C/CC. The van der Waals surface area contributed by atoms with Gasteiger partial charge in [0.25, 0.3) is 0 Å². The van der Waals surface area contributed by atoms with E-state index in [0.717, 1.165) is 116 Å². The molecule has 0 spiro atoms. The molecule has 0 aliphatic carbocycles. The van der Waals surface area contributed by atoms with E-state index in [0.29, 0.717) is 12.8 Å². The Labute approximate surface area is 318 Å². The minimum absolute atomic E-state index is 0.106. The van der Waals surface area contributed by atoms with Crippen LogP contribution >= 0.6 is 0 Å². The average Bonchev–Trinajstić information content (AvgIpc) is 3.15. The molecule has 0 amide bonds. The summed E-state index contributed by atoms with van der Waals surface area (Å²) in [5.74, 6) is -0.681. The van der Waals surface area contributed by atoms with Gasteiger partial charge in [-0.2, -0.15) is 0 Å². The van der Waals surface area contributed by atoms with Crippen LogP contribution < -0.4 is 0 Å². The molecule has 1 atom stereocenters. The Morgan fingerprint density at radius 2 is 0.769 bits per heavy atom. The molecule has 0 aromatic rings. The Bertz CT molecular complexity index is 1130. The molecule has 52 heavy (non-hydrogen) atoms. The first-order valence-corrected chi connectivity index (χ1v) is 20.1. The molecule has 0 unspecified atom stereocenters. The number of carbonyl (C=O) groups excluding carboxylic acids is 2. The lowest BCUT2D eigenvalue weighted by molar-refractivity contribution is -0.161. The van der Waals surface area contributed by atoms with E-state index in [-0.39, 0.29) is 25.2 Å². The Morgan fingerprint density at radius 3 is 1.12 bits per heavy atom. The fraction of sp³-hybridized carbons (Fsp3) is 0.532. The first kappa shape index (κ1) is 48.3. The zero-order valence-electron chi connectivity index (χ0n) is 32.8. The Kier molecular flexibility index (Phi) is 38.8. The fourth-order valence-corrected chi connectivity index (χ4v) is 4.78. The lowest BCUT2D eigenvalue weighted by atomic mass is 10.1. The second-order valence-electron chi connectivity index (χ2n) is 12.6. The standard InChI is InChI=1S/C47H72O5/c1-3-5-7-9-11-13-15-17-19-21-23-25-27-29-31-33-35-37-39-41-46(49)51-44-45(43-48)52-47(50)42-40-38-36-34-32-30-28-26-24-22-20-18-16-14-12-10-8-6-4-2/h5-8,11-14,17-20,23-26,29-32,45,48H,3-4,9-10,15-16,21-22,27-28,33-44H2,1-2H3/b7-5+,8-6+,13-11+,14-12+,19-17+,20-18+,25-23+,26-24+,31-29+,32-30+/t45-/m0/s1. The number of aliphatic hydroxyl groups excluding tert-OH is 1. The van der Waals surface area contributed by atoms with E-state index in [1.165, 1.54) is 0 Å². The molecule has 0 aliphatic rings. The average molecular weight is 717 g/mol. The molecule has 290 valence electrons. The van der Waals surface area contributed by atoms with Gasteiger partial charge in [-0.1, -0.05) is 148 Å². The molecule has 5 nitrogen and oxygen atoms in total. The van der Waals surface area contributed by atoms with E-state index in [1.54, 1.807) is 0 Å². The maximum Gasteiger partial charge on any atom is 0.306 e. The maximum absolute atomic E-state index is 12.2. The van der Waals surface area contributed by atoms with Crippen molar-refractivity contribution in [1.29, 1.82) is 0 Å². The van der Waals surface area contributed by atoms with Gasteiger partial charge in [-0.3, -0.25) is 9.59 Å². The van der Waals surface area contributed by atoms with Crippen molar-refractivity contribution in [3.8, 4) is 0 Å². The first-order chi connectivity index (χ1) is 25.6. The third kappa shape index (κ3) is 39.1. The number of hydrogen-bond donors (Lipinski definition) is 1. The lowest BCUT2D eigenvalue weighted by Crippen LogP contribution is -2.28. The Hall–Kier alpha value is -3.70. The highest BCUT2D eigenvalue weighted by Gasteiger charge is 2.16. The first-order valence-electron chi connectivity index (χ1n) is 20.1. The summed E-state index contributed by atoms with van der Waals surface area (Å²) in [5.41, 5.74) is 0. The summed E-state index contributed by atoms with van der Waals surface area (Å²) in [6.45, 7) is 3.83. The van der Waals surface area contributed by atoms with E-state index in [1.807, 2.05) is 0 Å². The summed E-state index contributed by atoms with van der Waals surface area (Å²) >= 11 is 0. The lowest BCUT2D eigenvalue weighted by Gasteiger charge is -2.15. The zero-order valence-corrected chi connectivity index (χ0v) is 32.8. The molecule has 5 heteroatoms. The van der Waals surface area contributed by atoms with Crippen LogP contribution in [0, 0.1) is 0 Å². The van der Waals surface area contributed by atoms with Crippen molar-refractivity contribution >= 4 is 11.9 Å². The van der Waals surface area contributed by atoms with Crippen LogP contribution in [0.15, 0.2) is 122 Å². The van der Waals surface area contributed by atoms with Crippen molar-refractivity contribution in [2.45, 2.75) is 148 Å². The van der Waals surface area contributed by atoms with Crippen LogP contribution in [0.2, 0.25) is 0 Å². The van der Waals surface area contributed by atoms with Crippen LogP contribution in [0.1, 0.15) is 142 Å². The number of carbonyl (C=O) groups is 2. The van der Waals surface area contributed by atoms with Gasteiger partial charge in [0.1, 0.15) is 6.61 Å². The van der Waals surface area contributed by atoms with Gasteiger partial charge in [0.2, 0.25) is 0 Å². The minimum Gasteiger partial charge on any atom is -0.462 e. The van der Waals surface area contributed by atoms with Gasteiger partial charge in [-0.15, -0.1) is 0 Å². The third-order valence-corrected chi connectivity index (χ3v) is 7.75. The fourth-order valence-electron chi connectivity index (χ4n) is 4.78. The van der Waals surface area contributed by atoms with Gasteiger partial charge in [0.05, 0.1) is 6.61 Å². The zero-order chi connectivity index (χ0) is 37.8. The van der Waals surface area contributed by atoms with Crippen molar-refractivity contribution < 1.29 is 24.2 Å². The van der Waals surface area contributed by atoms with Crippen molar-refractivity contribution in [3.05, 3.63) is 122 Å². The Morgan fingerprint density at radius 1 is 0.442 bits per heavy atom. The predicted octanol–water partition coefficient (Wildman–Crippen LogP) is 12.8. The molecule has 0 radical (unpaired) electrons. The molecule has 0 aliphatic heterocycles. The molecular weight excluding hydrogens is 645 g/mol. The van der Waals surface area contributed by atoms with Crippen LogP contribution in [0.25, 0.3) is 0 Å². The van der Waals surface area contributed by atoms with Gasteiger partial charge >= 0.3 is 11.9 Å². The number of allylic oxidation sites excluding steroid dienone is 20. The molecule has 0 saturated heterocycles. The molecule has 0 fully saturated rings. The van der Waals surface area contributed by atoms with Crippen LogP contribution in [-0.2, 0) is 19.1 Å². The Balaban J connectivity index is 3.75. The topological polar surface area (TPSA) is 72.8 Å². The highest BCUT2D eigenvalue weighted by atomic mass is 16.6. The molecular formula is C47H72O5. The van der Waals surface area contributed by atoms with Crippen LogP contribution in [0.3, 0.4) is 0 Å². The number of rotatable bonds is 34. The summed E-state index contributed by atoms with van der Waals surface area (Å²) in [4.78, 5) is 24.3. The van der Waals surface area contributed by atoms with Gasteiger partial charge in [-0.25, -0.2) is 0 Å². The molecule has 0 heterocycles. The number of esters is 2. The molecule has 0 rings (SSSR count). The molecule has 1 N–H and O–H groups in total. The van der Waals surface area contributed by atoms with Gasteiger partial charge in [0, 0.05) is 12.8 Å². The number of unbranched alkanes of at least 4 members (excludes halogenated alkanes) is 6. The van der Waals surface area contributed by atoms with Gasteiger partial charge in [0.15, 0.2) is 6.10 Å². The highest BCUT2D eigenvalue weighted by Crippen LogP contribution is 2.09. The third-order valence-electron chi connectivity index (χ3n) is 7.75. The second-order valence-corrected chi connectivity index (χ2v) is 12.6.